The minimum Gasteiger partial charge on any atom is -0.496 e. The Hall–Kier alpha value is -4.05. The molecule has 1 heterocycles. The Kier molecular flexibility index (Phi) is 4.68. The lowest BCUT2D eigenvalue weighted by Gasteiger charge is -2.12. The summed E-state index contributed by atoms with van der Waals surface area (Å²) in [7, 11) is 1.68. The number of hydrogen-bond acceptors (Lipinski definition) is 2. The van der Waals surface area contributed by atoms with Gasteiger partial charge in [0.15, 0.2) is 0 Å². The van der Waals surface area contributed by atoms with E-state index in [0.29, 0.717) is 12.1 Å². The average molecular weight is 406 g/mol. The highest BCUT2D eigenvalue weighted by atomic mass is 16.5. The molecule has 5 rings (SSSR count). The number of para-hydroxylation sites is 1. The normalized spacial score (nSPS) is 11.1. The molecule has 1 amide bonds. The van der Waals surface area contributed by atoms with Gasteiger partial charge in [-0.25, -0.2) is 0 Å². The Morgan fingerprint density at radius 1 is 0.839 bits per heavy atom. The third kappa shape index (κ3) is 3.22. The van der Waals surface area contributed by atoms with Gasteiger partial charge in [-0.2, -0.15) is 0 Å². The van der Waals surface area contributed by atoms with Gasteiger partial charge in [0.05, 0.1) is 24.7 Å². The van der Waals surface area contributed by atoms with Gasteiger partial charge >= 0.3 is 0 Å². The van der Waals surface area contributed by atoms with Crippen molar-refractivity contribution in [1.82, 2.24) is 4.57 Å². The van der Waals surface area contributed by atoms with Crippen LogP contribution in [0.1, 0.15) is 15.9 Å². The second-order valence-electron chi connectivity index (χ2n) is 7.56. The number of hydrogen-bond donors (Lipinski definition) is 1. The average Bonchev–Trinajstić information content (AvgIpc) is 3.13. The lowest BCUT2D eigenvalue weighted by atomic mass is 10.0. The van der Waals surface area contributed by atoms with E-state index in [4.69, 9.17) is 10.5 Å². The molecule has 0 bridgehead atoms. The van der Waals surface area contributed by atoms with Crippen LogP contribution < -0.4 is 10.5 Å². The molecule has 4 heteroatoms. The van der Waals surface area contributed by atoms with Crippen LogP contribution in [0.5, 0.6) is 5.75 Å². The Morgan fingerprint density at radius 3 is 2.39 bits per heavy atom. The molecule has 0 aliphatic heterocycles. The van der Waals surface area contributed by atoms with E-state index >= 15 is 0 Å². The fourth-order valence-corrected chi connectivity index (χ4v) is 4.33. The highest BCUT2D eigenvalue weighted by molar-refractivity contribution is 6.18. The van der Waals surface area contributed by atoms with Crippen molar-refractivity contribution in [3.8, 4) is 16.9 Å². The molecule has 2 N–H and O–H groups in total. The van der Waals surface area contributed by atoms with E-state index in [-0.39, 0.29) is 0 Å². The molecule has 4 aromatic carbocycles. The molecule has 4 nitrogen and oxygen atoms in total. The van der Waals surface area contributed by atoms with E-state index in [1.165, 1.54) is 0 Å². The number of fused-ring (bicyclic) bond motifs is 3. The van der Waals surface area contributed by atoms with Crippen LogP contribution in [0.3, 0.4) is 0 Å². The number of methoxy groups -OCH3 is 1. The van der Waals surface area contributed by atoms with Crippen molar-refractivity contribution in [2.24, 2.45) is 5.73 Å². The number of carbonyl (C=O) groups is 1. The number of carbonyl (C=O) groups excluding carboxylic acids is 1. The number of ether oxygens (including phenoxy) is 1. The Bertz CT molecular complexity index is 1420. The smallest absolute Gasteiger partial charge is 0.249 e. The van der Waals surface area contributed by atoms with Gasteiger partial charge in [0.2, 0.25) is 5.91 Å². The van der Waals surface area contributed by atoms with E-state index in [1.54, 1.807) is 13.2 Å². The number of amides is 1. The van der Waals surface area contributed by atoms with Gasteiger partial charge in [0, 0.05) is 21.9 Å². The molecule has 0 aliphatic carbocycles. The number of aromatic nitrogens is 1. The van der Waals surface area contributed by atoms with Gasteiger partial charge in [0.1, 0.15) is 5.75 Å². The molecule has 0 atom stereocenters. The number of nitrogens with two attached hydrogens (primary N) is 1. The largest absolute Gasteiger partial charge is 0.496 e. The molecule has 0 spiro atoms. The summed E-state index contributed by atoms with van der Waals surface area (Å²) in [6.07, 6.45) is 0. The van der Waals surface area contributed by atoms with Crippen molar-refractivity contribution in [2.75, 3.05) is 7.11 Å². The van der Waals surface area contributed by atoms with Crippen molar-refractivity contribution in [3.63, 3.8) is 0 Å². The topological polar surface area (TPSA) is 57.2 Å². The number of rotatable bonds is 5. The van der Waals surface area contributed by atoms with Gasteiger partial charge in [-0.15, -0.1) is 0 Å². The van der Waals surface area contributed by atoms with Crippen molar-refractivity contribution in [2.45, 2.75) is 6.54 Å². The number of benzene rings is 4. The minimum absolute atomic E-state index is 0.422. The zero-order chi connectivity index (χ0) is 21.4. The van der Waals surface area contributed by atoms with Crippen LogP contribution in [-0.4, -0.2) is 17.6 Å². The van der Waals surface area contributed by atoms with Crippen molar-refractivity contribution >= 4 is 27.7 Å². The van der Waals surface area contributed by atoms with Crippen LogP contribution in [0.4, 0.5) is 0 Å². The molecular weight excluding hydrogens is 384 g/mol. The van der Waals surface area contributed by atoms with Crippen LogP contribution in [-0.2, 0) is 6.54 Å². The molecule has 0 radical (unpaired) electrons. The van der Waals surface area contributed by atoms with Crippen LogP contribution >= 0.6 is 0 Å². The SMILES string of the molecule is COc1ccccc1Cn1c2cc(-c3ccccc3)ccc2c2c(C(N)=O)cccc21. The summed E-state index contributed by atoms with van der Waals surface area (Å²) in [6.45, 7) is 0.616. The third-order valence-corrected chi connectivity index (χ3v) is 5.78. The summed E-state index contributed by atoms with van der Waals surface area (Å²) in [5, 5.41) is 1.90. The van der Waals surface area contributed by atoms with Crippen LogP contribution in [0, 0.1) is 0 Å². The molecule has 0 unspecified atom stereocenters. The summed E-state index contributed by atoms with van der Waals surface area (Å²) in [5.41, 5.74) is 11.6. The van der Waals surface area contributed by atoms with Crippen molar-refractivity contribution in [3.05, 3.63) is 102 Å². The first kappa shape index (κ1) is 18.9. The molecule has 0 saturated heterocycles. The Labute approximate surface area is 180 Å². The predicted octanol–water partition coefficient (Wildman–Crippen LogP) is 5.62. The molecule has 1 aromatic heterocycles. The summed E-state index contributed by atoms with van der Waals surface area (Å²) in [4.78, 5) is 12.2. The quantitative estimate of drug-likeness (QED) is 0.412. The maximum absolute atomic E-state index is 12.2. The summed E-state index contributed by atoms with van der Waals surface area (Å²) < 4.78 is 7.82. The molecule has 31 heavy (non-hydrogen) atoms. The van der Waals surface area contributed by atoms with Crippen molar-refractivity contribution in [1.29, 1.82) is 0 Å². The Morgan fingerprint density at radius 2 is 1.61 bits per heavy atom. The summed E-state index contributed by atoms with van der Waals surface area (Å²) >= 11 is 0. The number of nitrogens with zero attached hydrogens (tertiary/aromatic N) is 1. The molecule has 0 saturated carbocycles. The van der Waals surface area contributed by atoms with E-state index in [0.717, 1.165) is 44.2 Å². The summed E-state index contributed by atoms with van der Waals surface area (Å²) in [6, 6.07) is 30.4. The molecule has 5 aromatic rings. The lowest BCUT2D eigenvalue weighted by molar-refractivity contribution is 0.100. The fourth-order valence-electron chi connectivity index (χ4n) is 4.33. The molecular formula is C27H22N2O2. The minimum atomic E-state index is -0.422. The van der Waals surface area contributed by atoms with E-state index in [2.05, 4.69) is 41.0 Å². The maximum atomic E-state index is 12.2. The summed E-state index contributed by atoms with van der Waals surface area (Å²) in [5.74, 6) is 0.414. The molecule has 0 aliphatic rings. The first-order chi connectivity index (χ1) is 15.2. The standard InChI is InChI=1S/C27H22N2O2/c1-31-25-13-6-5-10-20(25)17-29-23-12-7-11-22(27(28)30)26(23)21-15-14-19(16-24(21)29)18-8-3-2-4-9-18/h2-16H,17H2,1H3,(H2,28,30). The number of primary amides is 1. The highest BCUT2D eigenvalue weighted by Gasteiger charge is 2.18. The van der Waals surface area contributed by atoms with Crippen LogP contribution in [0.2, 0.25) is 0 Å². The second kappa shape index (κ2) is 7.65. The molecule has 0 fully saturated rings. The zero-order valence-corrected chi connectivity index (χ0v) is 17.2. The zero-order valence-electron chi connectivity index (χ0n) is 17.2. The lowest BCUT2D eigenvalue weighted by Crippen LogP contribution is -2.11. The predicted molar refractivity (Wildman–Crippen MR) is 125 cm³/mol. The monoisotopic (exact) mass is 406 g/mol. The fraction of sp³-hybridized carbons (Fsp3) is 0.0741. The van der Waals surface area contributed by atoms with Gasteiger partial charge in [-0.1, -0.05) is 66.7 Å². The van der Waals surface area contributed by atoms with Crippen LogP contribution in [0.15, 0.2) is 91.0 Å². The molecule has 152 valence electrons. The second-order valence-corrected chi connectivity index (χ2v) is 7.56. The van der Waals surface area contributed by atoms with Gasteiger partial charge < -0.3 is 15.0 Å². The van der Waals surface area contributed by atoms with E-state index in [9.17, 15) is 4.79 Å². The Balaban J connectivity index is 1.82. The van der Waals surface area contributed by atoms with Gasteiger partial charge in [0.25, 0.3) is 0 Å². The first-order valence-electron chi connectivity index (χ1n) is 10.2. The van der Waals surface area contributed by atoms with E-state index in [1.807, 2.05) is 48.5 Å². The van der Waals surface area contributed by atoms with Crippen molar-refractivity contribution < 1.29 is 9.53 Å². The van der Waals surface area contributed by atoms with Gasteiger partial charge in [-0.3, -0.25) is 4.79 Å². The van der Waals surface area contributed by atoms with Crippen LogP contribution in [0.25, 0.3) is 32.9 Å². The highest BCUT2D eigenvalue weighted by Crippen LogP contribution is 2.35. The van der Waals surface area contributed by atoms with E-state index < -0.39 is 5.91 Å². The maximum Gasteiger partial charge on any atom is 0.249 e. The first-order valence-corrected chi connectivity index (χ1v) is 10.2. The van der Waals surface area contributed by atoms with Gasteiger partial charge in [-0.05, 0) is 35.4 Å². The third-order valence-electron chi connectivity index (χ3n) is 5.78.